The SMILES string of the molecule is CCC1CCN(S(=O)(=O)c2ccc(C(=O)O)cc2Br)C1. The second-order valence-corrected chi connectivity index (χ2v) is 7.64. The Morgan fingerprint density at radius 3 is 2.70 bits per heavy atom. The van der Waals surface area contributed by atoms with E-state index in [1.165, 1.54) is 22.5 Å². The number of rotatable bonds is 4. The molecule has 1 aliphatic rings. The van der Waals surface area contributed by atoms with Gasteiger partial charge in [-0.3, -0.25) is 0 Å². The number of carboxylic acid groups (broad SMARTS) is 1. The third-order valence-electron chi connectivity index (χ3n) is 3.62. The van der Waals surface area contributed by atoms with Crippen LogP contribution in [0.1, 0.15) is 30.1 Å². The first-order valence-corrected chi connectivity index (χ1v) is 8.62. The van der Waals surface area contributed by atoms with Crippen LogP contribution in [0, 0.1) is 5.92 Å². The van der Waals surface area contributed by atoms with E-state index in [-0.39, 0.29) is 14.9 Å². The van der Waals surface area contributed by atoms with Crippen molar-refractivity contribution in [1.82, 2.24) is 4.31 Å². The Kier molecular flexibility index (Phi) is 4.51. The summed E-state index contributed by atoms with van der Waals surface area (Å²) in [4.78, 5) is 11.0. The topological polar surface area (TPSA) is 74.7 Å². The smallest absolute Gasteiger partial charge is 0.335 e. The zero-order valence-electron chi connectivity index (χ0n) is 11.0. The minimum atomic E-state index is -3.56. The Labute approximate surface area is 126 Å². The van der Waals surface area contributed by atoms with Gasteiger partial charge in [-0.05, 0) is 46.5 Å². The van der Waals surface area contributed by atoms with Crippen molar-refractivity contribution in [3.63, 3.8) is 0 Å². The van der Waals surface area contributed by atoms with Crippen molar-refractivity contribution < 1.29 is 18.3 Å². The molecule has 20 heavy (non-hydrogen) atoms. The molecule has 1 aliphatic heterocycles. The standard InChI is InChI=1S/C13H16BrNO4S/c1-2-9-5-6-15(8-9)20(18,19)12-4-3-10(13(16)17)7-11(12)14/h3-4,7,9H,2,5-6,8H2,1H3,(H,16,17). The Morgan fingerprint density at radius 2 is 2.20 bits per heavy atom. The van der Waals surface area contributed by atoms with Crippen LogP contribution in [0.2, 0.25) is 0 Å². The Hall–Kier alpha value is -0.920. The van der Waals surface area contributed by atoms with Crippen LogP contribution in [0.5, 0.6) is 0 Å². The molecular formula is C13H16BrNO4S. The second kappa shape index (κ2) is 5.83. The number of carbonyl (C=O) groups is 1. The number of hydrogen-bond acceptors (Lipinski definition) is 3. The fourth-order valence-electron chi connectivity index (χ4n) is 2.33. The molecule has 110 valence electrons. The average molecular weight is 362 g/mol. The molecule has 1 aromatic carbocycles. The second-order valence-electron chi connectivity index (χ2n) is 4.88. The molecule has 1 aromatic rings. The van der Waals surface area contributed by atoms with Crippen LogP contribution >= 0.6 is 15.9 Å². The molecule has 2 rings (SSSR count). The van der Waals surface area contributed by atoms with Gasteiger partial charge in [-0.25, -0.2) is 13.2 Å². The van der Waals surface area contributed by atoms with Crippen LogP contribution in [0.25, 0.3) is 0 Å². The van der Waals surface area contributed by atoms with E-state index in [0.29, 0.717) is 19.0 Å². The van der Waals surface area contributed by atoms with Crippen molar-refractivity contribution >= 4 is 31.9 Å². The van der Waals surface area contributed by atoms with Gasteiger partial charge in [0.15, 0.2) is 0 Å². The number of nitrogens with zero attached hydrogens (tertiary/aromatic N) is 1. The van der Waals surface area contributed by atoms with Crippen molar-refractivity contribution in [3.8, 4) is 0 Å². The summed E-state index contributed by atoms with van der Waals surface area (Å²) < 4.78 is 26.9. The van der Waals surface area contributed by atoms with E-state index < -0.39 is 16.0 Å². The number of hydrogen-bond donors (Lipinski definition) is 1. The molecule has 0 bridgehead atoms. The summed E-state index contributed by atoms with van der Waals surface area (Å²) in [6.07, 6.45) is 1.84. The molecule has 0 amide bonds. The van der Waals surface area contributed by atoms with Crippen molar-refractivity contribution in [1.29, 1.82) is 0 Å². The average Bonchev–Trinajstić information content (AvgIpc) is 2.87. The minimum absolute atomic E-state index is 0.0590. The molecule has 1 heterocycles. The van der Waals surface area contributed by atoms with E-state index in [2.05, 4.69) is 22.9 Å². The maximum absolute atomic E-state index is 12.5. The molecule has 7 heteroatoms. The zero-order chi connectivity index (χ0) is 14.9. The van der Waals surface area contributed by atoms with Gasteiger partial charge in [0.2, 0.25) is 10.0 Å². The number of benzene rings is 1. The molecule has 0 radical (unpaired) electrons. The largest absolute Gasteiger partial charge is 0.478 e. The summed E-state index contributed by atoms with van der Waals surface area (Å²) >= 11 is 3.16. The fraction of sp³-hybridized carbons (Fsp3) is 0.462. The fourth-order valence-corrected chi connectivity index (χ4v) is 4.90. The van der Waals surface area contributed by atoms with Gasteiger partial charge in [0.05, 0.1) is 10.5 Å². The zero-order valence-corrected chi connectivity index (χ0v) is 13.4. The van der Waals surface area contributed by atoms with Crippen molar-refractivity contribution in [2.45, 2.75) is 24.7 Å². The lowest BCUT2D eigenvalue weighted by Crippen LogP contribution is -2.29. The van der Waals surface area contributed by atoms with E-state index in [4.69, 9.17) is 5.11 Å². The molecule has 0 aromatic heterocycles. The molecule has 1 N–H and O–H groups in total. The first-order valence-electron chi connectivity index (χ1n) is 6.39. The van der Waals surface area contributed by atoms with Crippen molar-refractivity contribution in [3.05, 3.63) is 28.2 Å². The summed E-state index contributed by atoms with van der Waals surface area (Å²) in [6, 6.07) is 3.98. The number of carboxylic acids is 1. The van der Waals surface area contributed by atoms with Crippen LogP contribution in [0.15, 0.2) is 27.6 Å². The highest BCUT2D eigenvalue weighted by Crippen LogP contribution is 2.30. The molecule has 0 spiro atoms. The van der Waals surface area contributed by atoms with E-state index in [1.54, 1.807) is 0 Å². The highest BCUT2D eigenvalue weighted by Gasteiger charge is 2.33. The van der Waals surface area contributed by atoms with Gasteiger partial charge in [0.1, 0.15) is 0 Å². The monoisotopic (exact) mass is 361 g/mol. The van der Waals surface area contributed by atoms with Crippen LogP contribution in [-0.4, -0.2) is 36.9 Å². The van der Waals surface area contributed by atoms with E-state index in [1.807, 2.05) is 0 Å². The lowest BCUT2D eigenvalue weighted by atomic mass is 10.1. The molecule has 5 nitrogen and oxygen atoms in total. The summed E-state index contributed by atoms with van der Waals surface area (Å²) in [7, 11) is -3.56. The number of aromatic carboxylic acids is 1. The Balaban J connectivity index is 2.33. The normalized spacial score (nSPS) is 20.2. The quantitative estimate of drug-likeness (QED) is 0.893. The summed E-state index contributed by atoms with van der Waals surface area (Å²) in [5, 5.41) is 8.90. The van der Waals surface area contributed by atoms with E-state index in [9.17, 15) is 13.2 Å². The van der Waals surface area contributed by atoms with E-state index in [0.717, 1.165) is 12.8 Å². The van der Waals surface area contributed by atoms with Crippen LogP contribution < -0.4 is 0 Å². The highest BCUT2D eigenvalue weighted by atomic mass is 79.9. The lowest BCUT2D eigenvalue weighted by molar-refractivity contribution is 0.0696. The highest BCUT2D eigenvalue weighted by molar-refractivity contribution is 9.10. The number of sulfonamides is 1. The molecule has 1 fully saturated rings. The molecule has 0 aliphatic carbocycles. The molecule has 0 saturated carbocycles. The summed E-state index contributed by atoms with van der Waals surface area (Å²) in [6.45, 7) is 3.11. The third-order valence-corrected chi connectivity index (χ3v) is 6.46. The first kappa shape index (κ1) is 15.5. The minimum Gasteiger partial charge on any atom is -0.478 e. The van der Waals surface area contributed by atoms with Crippen molar-refractivity contribution in [2.75, 3.05) is 13.1 Å². The maximum atomic E-state index is 12.5. The van der Waals surface area contributed by atoms with Gasteiger partial charge >= 0.3 is 5.97 Å². The van der Waals surface area contributed by atoms with Crippen molar-refractivity contribution in [2.24, 2.45) is 5.92 Å². The summed E-state index contributed by atoms with van der Waals surface area (Å²) in [5.74, 6) is -0.677. The lowest BCUT2D eigenvalue weighted by Gasteiger charge is -2.17. The third kappa shape index (κ3) is 2.89. The van der Waals surface area contributed by atoms with Gasteiger partial charge in [-0.2, -0.15) is 4.31 Å². The summed E-state index contributed by atoms with van der Waals surface area (Å²) in [5.41, 5.74) is 0.0590. The van der Waals surface area contributed by atoms with Gasteiger partial charge in [-0.15, -0.1) is 0 Å². The molecule has 1 atom stereocenters. The molecule has 1 saturated heterocycles. The Bertz CT molecular complexity index is 629. The van der Waals surface area contributed by atoms with Gasteiger partial charge in [0.25, 0.3) is 0 Å². The predicted molar refractivity (Wildman–Crippen MR) is 78.3 cm³/mol. The maximum Gasteiger partial charge on any atom is 0.335 e. The van der Waals surface area contributed by atoms with Crippen LogP contribution in [-0.2, 0) is 10.0 Å². The molecule has 1 unspecified atom stereocenters. The van der Waals surface area contributed by atoms with E-state index >= 15 is 0 Å². The van der Waals surface area contributed by atoms with Crippen LogP contribution in [0.3, 0.4) is 0 Å². The van der Waals surface area contributed by atoms with Gasteiger partial charge in [-0.1, -0.05) is 13.3 Å². The number of halogens is 1. The predicted octanol–water partition coefficient (Wildman–Crippen LogP) is 2.57. The van der Waals surface area contributed by atoms with Gasteiger partial charge < -0.3 is 5.11 Å². The van der Waals surface area contributed by atoms with Crippen LogP contribution in [0.4, 0.5) is 0 Å². The first-order chi connectivity index (χ1) is 9.36. The van der Waals surface area contributed by atoms with Gasteiger partial charge in [0, 0.05) is 17.6 Å². The Morgan fingerprint density at radius 1 is 1.50 bits per heavy atom. The molecular weight excluding hydrogens is 346 g/mol.